The fraction of sp³-hybridized carbons (Fsp3) is 1.00. The van der Waals surface area contributed by atoms with Gasteiger partial charge < -0.3 is 0 Å². The molecule has 0 bridgehead atoms. The quantitative estimate of drug-likeness (QED) is 0.480. The van der Waals surface area contributed by atoms with E-state index in [-0.39, 0.29) is 0 Å². The van der Waals surface area contributed by atoms with Crippen molar-refractivity contribution < 1.29 is 0 Å². The number of nitrogens with two attached hydrogens (primary N) is 1. The van der Waals surface area contributed by atoms with Crippen molar-refractivity contribution in [1.29, 1.82) is 0 Å². The average molecular weight is 144 g/mol. The standard InChI is InChI=1S/C8H20N2/c1-7(2)5-6-10(9)8(3)4/h7-8H,5-6,9H2,1-4H3. The molecule has 0 aromatic heterocycles. The first-order valence-corrected chi connectivity index (χ1v) is 4.05. The SMILES string of the molecule is CC(C)CCN(N)C(C)C. The highest BCUT2D eigenvalue weighted by Crippen LogP contribution is 2.01. The van der Waals surface area contributed by atoms with Crippen molar-refractivity contribution in [2.75, 3.05) is 6.54 Å². The van der Waals surface area contributed by atoms with Crippen LogP contribution in [-0.2, 0) is 0 Å². The first-order chi connectivity index (χ1) is 4.54. The molecule has 0 aliphatic rings. The summed E-state index contributed by atoms with van der Waals surface area (Å²) in [4.78, 5) is 0. The lowest BCUT2D eigenvalue weighted by Crippen LogP contribution is -2.38. The van der Waals surface area contributed by atoms with E-state index in [1.54, 1.807) is 0 Å². The number of hydrazine groups is 1. The molecule has 0 atom stereocenters. The van der Waals surface area contributed by atoms with Crippen molar-refractivity contribution in [2.45, 2.75) is 40.2 Å². The van der Waals surface area contributed by atoms with Gasteiger partial charge in [0, 0.05) is 12.6 Å². The van der Waals surface area contributed by atoms with E-state index >= 15 is 0 Å². The first kappa shape index (κ1) is 9.92. The van der Waals surface area contributed by atoms with Gasteiger partial charge in [0.15, 0.2) is 0 Å². The zero-order chi connectivity index (χ0) is 8.15. The molecule has 0 fully saturated rings. The monoisotopic (exact) mass is 144 g/mol. The molecule has 10 heavy (non-hydrogen) atoms. The van der Waals surface area contributed by atoms with E-state index in [1.807, 2.05) is 5.01 Å². The van der Waals surface area contributed by atoms with E-state index in [9.17, 15) is 0 Å². The van der Waals surface area contributed by atoms with E-state index < -0.39 is 0 Å². The van der Waals surface area contributed by atoms with Gasteiger partial charge in [-0.2, -0.15) is 0 Å². The van der Waals surface area contributed by atoms with Crippen molar-refractivity contribution in [3.63, 3.8) is 0 Å². The Balaban J connectivity index is 3.30. The fourth-order valence-electron chi connectivity index (χ4n) is 0.665. The lowest BCUT2D eigenvalue weighted by Gasteiger charge is -2.21. The van der Waals surface area contributed by atoms with Crippen molar-refractivity contribution in [3.05, 3.63) is 0 Å². The van der Waals surface area contributed by atoms with E-state index in [0.29, 0.717) is 6.04 Å². The van der Waals surface area contributed by atoms with Crippen LogP contribution in [0.1, 0.15) is 34.1 Å². The Morgan fingerprint density at radius 2 is 1.70 bits per heavy atom. The molecule has 0 aromatic rings. The van der Waals surface area contributed by atoms with Crippen molar-refractivity contribution in [2.24, 2.45) is 11.8 Å². The van der Waals surface area contributed by atoms with Crippen LogP contribution in [0.4, 0.5) is 0 Å². The van der Waals surface area contributed by atoms with Crippen molar-refractivity contribution >= 4 is 0 Å². The Morgan fingerprint density at radius 1 is 1.20 bits per heavy atom. The van der Waals surface area contributed by atoms with Crippen LogP contribution in [0.25, 0.3) is 0 Å². The van der Waals surface area contributed by atoms with Gasteiger partial charge in [0.05, 0.1) is 0 Å². The number of hydrogen-bond donors (Lipinski definition) is 1. The third kappa shape index (κ3) is 4.77. The molecule has 0 unspecified atom stereocenters. The van der Waals surface area contributed by atoms with Crippen molar-refractivity contribution in [1.82, 2.24) is 5.01 Å². The molecule has 2 N–H and O–H groups in total. The number of hydrogen-bond acceptors (Lipinski definition) is 2. The lowest BCUT2D eigenvalue weighted by molar-refractivity contribution is 0.215. The second kappa shape index (κ2) is 4.69. The van der Waals surface area contributed by atoms with Gasteiger partial charge in [0.1, 0.15) is 0 Å². The van der Waals surface area contributed by atoms with Gasteiger partial charge in [0.25, 0.3) is 0 Å². The van der Waals surface area contributed by atoms with Crippen LogP contribution < -0.4 is 5.84 Å². The average Bonchev–Trinajstić information content (AvgIpc) is 1.82. The maximum Gasteiger partial charge on any atom is 0.0184 e. The predicted molar refractivity (Wildman–Crippen MR) is 45.5 cm³/mol. The molecule has 0 spiro atoms. The van der Waals surface area contributed by atoms with Crippen LogP contribution in [0.15, 0.2) is 0 Å². The summed E-state index contributed by atoms with van der Waals surface area (Å²) in [5, 5.41) is 1.89. The van der Waals surface area contributed by atoms with Crippen LogP contribution in [-0.4, -0.2) is 17.6 Å². The highest BCUT2D eigenvalue weighted by molar-refractivity contribution is 4.55. The molecule has 2 nitrogen and oxygen atoms in total. The van der Waals surface area contributed by atoms with E-state index in [0.717, 1.165) is 12.5 Å². The maximum absolute atomic E-state index is 5.70. The van der Waals surface area contributed by atoms with Crippen LogP contribution in [0.2, 0.25) is 0 Å². The molecule has 0 radical (unpaired) electrons. The predicted octanol–water partition coefficient (Wildman–Crippen LogP) is 1.62. The molecule has 0 aliphatic carbocycles. The summed E-state index contributed by atoms with van der Waals surface area (Å²) in [7, 11) is 0. The summed E-state index contributed by atoms with van der Waals surface area (Å²) in [5.41, 5.74) is 0. The maximum atomic E-state index is 5.70. The Bertz CT molecular complexity index is 79.3. The summed E-state index contributed by atoms with van der Waals surface area (Å²) in [6.45, 7) is 9.66. The van der Waals surface area contributed by atoms with E-state index in [1.165, 1.54) is 6.42 Å². The van der Waals surface area contributed by atoms with Gasteiger partial charge >= 0.3 is 0 Å². The largest absolute Gasteiger partial charge is 0.269 e. The minimum absolute atomic E-state index is 0.471. The molecule has 0 heterocycles. The van der Waals surface area contributed by atoms with Crippen molar-refractivity contribution in [3.8, 4) is 0 Å². The smallest absolute Gasteiger partial charge is 0.0184 e. The Kier molecular flexibility index (Phi) is 4.65. The second-order valence-corrected chi connectivity index (χ2v) is 3.51. The molecule has 0 rings (SSSR count). The molecular weight excluding hydrogens is 124 g/mol. The Labute approximate surface area is 64.4 Å². The molecule has 0 amide bonds. The summed E-state index contributed by atoms with van der Waals surface area (Å²) < 4.78 is 0. The fourth-order valence-corrected chi connectivity index (χ4v) is 0.665. The van der Waals surface area contributed by atoms with Gasteiger partial charge in [0.2, 0.25) is 0 Å². The zero-order valence-electron chi connectivity index (χ0n) is 7.59. The van der Waals surface area contributed by atoms with Gasteiger partial charge in [-0.25, -0.2) is 5.01 Å². The molecule has 62 valence electrons. The lowest BCUT2D eigenvalue weighted by atomic mass is 10.1. The van der Waals surface area contributed by atoms with Crippen LogP contribution in [0.5, 0.6) is 0 Å². The van der Waals surface area contributed by atoms with Gasteiger partial charge in [-0.3, -0.25) is 5.84 Å². The molecule has 2 heteroatoms. The van der Waals surface area contributed by atoms with Crippen LogP contribution in [0, 0.1) is 5.92 Å². The van der Waals surface area contributed by atoms with Gasteiger partial charge in [-0.05, 0) is 26.2 Å². The van der Waals surface area contributed by atoms with Crippen LogP contribution in [0.3, 0.4) is 0 Å². The third-order valence-corrected chi connectivity index (χ3v) is 1.63. The van der Waals surface area contributed by atoms with E-state index in [2.05, 4.69) is 27.7 Å². The summed E-state index contributed by atoms with van der Waals surface area (Å²) >= 11 is 0. The highest BCUT2D eigenvalue weighted by atomic mass is 15.4. The molecule has 0 saturated heterocycles. The molecule has 0 aromatic carbocycles. The normalized spacial score (nSPS) is 12.0. The summed E-state index contributed by atoms with van der Waals surface area (Å²) in [5.74, 6) is 6.45. The zero-order valence-corrected chi connectivity index (χ0v) is 7.59. The third-order valence-electron chi connectivity index (χ3n) is 1.63. The summed E-state index contributed by atoms with van der Waals surface area (Å²) in [6, 6.07) is 0.471. The number of rotatable bonds is 4. The molecule has 0 aliphatic heterocycles. The van der Waals surface area contributed by atoms with Gasteiger partial charge in [-0.15, -0.1) is 0 Å². The van der Waals surface area contributed by atoms with Gasteiger partial charge in [-0.1, -0.05) is 13.8 Å². The first-order valence-electron chi connectivity index (χ1n) is 4.05. The molecule has 0 saturated carbocycles. The second-order valence-electron chi connectivity index (χ2n) is 3.51. The van der Waals surface area contributed by atoms with E-state index in [4.69, 9.17) is 5.84 Å². The Morgan fingerprint density at radius 3 is 2.00 bits per heavy atom. The summed E-state index contributed by atoms with van der Waals surface area (Å²) in [6.07, 6.45) is 1.19. The van der Waals surface area contributed by atoms with Crippen LogP contribution >= 0.6 is 0 Å². The molecular formula is C8H20N2. The Hall–Kier alpha value is -0.0800. The minimum Gasteiger partial charge on any atom is -0.269 e. The number of nitrogens with zero attached hydrogens (tertiary/aromatic N) is 1. The topological polar surface area (TPSA) is 29.3 Å². The highest BCUT2D eigenvalue weighted by Gasteiger charge is 2.03. The minimum atomic E-state index is 0.471.